The number of carbonyl (C=O) groups is 2. The van der Waals surface area contributed by atoms with E-state index in [-0.39, 0.29) is 24.0 Å². The Kier molecular flexibility index (Phi) is 5.71. The standard InChI is InChI=1S/C16H20N2O5S/c1-5-7-10(19)23-9(4)13-17-14(20)11-8(3)12(16(21)22-6-2)24-15(11)18-13/h9H,5-7H2,1-4H3,(H,17,18,20)/t9-/m1/s1. The molecular formula is C16H20N2O5S. The molecule has 130 valence electrons. The second kappa shape index (κ2) is 7.57. The van der Waals surface area contributed by atoms with Crippen LogP contribution in [0.3, 0.4) is 0 Å². The first-order valence-corrected chi connectivity index (χ1v) is 8.60. The average Bonchev–Trinajstić information content (AvgIpc) is 2.85. The highest BCUT2D eigenvalue weighted by atomic mass is 32.1. The van der Waals surface area contributed by atoms with Gasteiger partial charge in [0.15, 0.2) is 11.9 Å². The predicted molar refractivity (Wildman–Crippen MR) is 90.3 cm³/mol. The molecule has 0 saturated heterocycles. The Morgan fingerprint density at radius 3 is 2.67 bits per heavy atom. The molecule has 0 bridgehead atoms. The first-order chi connectivity index (χ1) is 11.4. The summed E-state index contributed by atoms with van der Waals surface area (Å²) in [7, 11) is 0. The van der Waals surface area contributed by atoms with Crippen LogP contribution in [0.25, 0.3) is 10.2 Å². The number of thiophene rings is 1. The lowest BCUT2D eigenvalue weighted by Crippen LogP contribution is -2.17. The highest BCUT2D eigenvalue weighted by Crippen LogP contribution is 2.28. The van der Waals surface area contributed by atoms with Gasteiger partial charge in [-0.2, -0.15) is 0 Å². The molecule has 0 amide bonds. The molecule has 2 heterocycles. The molecule has 0 aromatic carbocycles. The fourth-order valence-corrected chi connectivity index (χ4v) is 3.34. The van der Waals surface area contributed by atoms with E-state index in [2.05, 4.69) is 9.97 Å². The second-order valence-corrected chi connectivity index (χ2v) is 6.29. The van der Waals surface area contributed by atoms with Gasteiger partial charge in [-0.25, -0.2) is 9.78 Å². The van der Waals surface area contributed by atoms with Crippen LogP contribution in [0.2, 0.25) is 0 Å². The van der Waals surface area contributed by atoms with Crippen molar-refractivity contribution in [3.63, 3.8) is 0 Å². The third kappa shape index (κ3) is 3.64. The average molecular weight is 352 g/mol. The number of aromatic amines is 1. The van der Waals surface area contributed by atoms with Gasteiger partial charge in [-0.3, -0.25) is 9.59 Å². The summed E-state index contributed by atoms with van der Waals surface area (Å²) < 4.78 is 10.2. The number of H-pyrrole nitrogens is 1. The molecule has 2 rings (SSSR count). The van der Waals surface area contributed by atoms with Gasteiger partial charge in [0.2, 0.25) is 0 Å². The van der Waals surface area contributed by atoms with Crippen molar-refractivity contribution in [2.75, 3.05) is 6.61 Å². The Morgan fingerprint density at radius 1 is 1.33 bits per heavy atom. The second-order valence-electron chi connectivity index (χ2n) is 5.29. The Bertz CT molecular complexity index is 824. The molecule has 24 heavy (non-hydrogen) atoms. The molecule has 2 aromatic heterocycles. The van der Waals surface area contributed by atoms with Crippen LogP contribution in [-0.4, -0.2) is 28.5 Å². The van der Waals surface area contributed by atoms with Gasteiger partial charge in [-0.05, 0) is 32.8 Å². The number of nitrogens with zero attached hydrogens (tertiary/aromatic N) is 1. The number of nitrogens with one attached hydrogen (secondary N) is 1. The molecule has 0 fully saturated rings. The maximum atomic E-state index is 12.3. The number of hydrogen-bond donors (Lipinski definition) is 1. The number of aryl methyl sites for hydroxylation is 1. The fraction of sp³-hybridized carbons (Fsp3) is 0.500. The van der Waals surface area contributed by atoms with Gasteiger partial charge in [-0.1, -0.05) is 6.92 Å². The summed E-state index contributed by atoms with van der Waals surface area (Å²) in [6.45, 7) is 7.18. The summed E-state index contributed by atoms with van der Waals surface area (Å²) in [4.78, 5) is 43.7. The summed E-state index contributed by atoms with van der Waals surface area (Å²) in [5.74, 6) is -0.558. The minimum absolute atomic E-state index is 0.256. The molecule has 0 aliphatic heterocycles. The van der Waals surface area contributed by atoms with E-state index in [4.69, 9.17) is 9.47 Å². The fourth-order valence-electron chi connectivity index (χ4n) is 2.26. The Labute approximate surface area is 143 Å². The van der Waals surface area contributed by atoms with Gasteiger partial charge in [0.25, 0.3) is 5.56 Å². The largest absolute Gasteiger partial charge is 0.462 e. The maximum absolute atomic E-state index is 12.3. The molecule has 7 nitrogen and oxygen atoms in total. The summed E-state index contributed by atoms with van der Waals surface area (Å²) in [6.07, 6.45) is 0.318. The van der Waals surface area contributed by atoms with Gasteiger partial charge in [0.1, 0.15) is 9.71 Å². The Hall–Kier alpha value is -2.22. The number of esters is 2. The van der Waals surface area contributed by atoms with Gasteiger partial charge >= 0.3 is 11.9 Å². The van der Waals surface area contributed by atoms with E-state index >= 15 is 0 Å². The van der Waals surface area contributed by atoms with E-state index in [9.17, 15) is 14.4 Å². The first-order valence-electron chi connectivity index (χ1n) is 7.78. The number of fused-ring (bicyclic) bond motifs is 1. The molecule has 2 aromatic rings. The molecule has 0 saturated carbocycles. The molecule has 0 unspecified atom stereocenters. The van der Waals surface area contributed by atoms with Gasteiger partial charge in [0.05, 0.1) is 12.0 Å². The lowest BCUT2D eigenvalue weighted by atomic mass is 10.2. The predicted octanol–water partition coefficient (Wildman–Crippen LogP) is 2.87. The molecule has 1 N–H and O–H groups in total. The number of ether oxygens (including phenoxy) is 2. The van der Waals surface area contributed by atoms with Gasteiger partial charge in [-0.15, -0.1) is 11.3 Å². The SMILES string of the molecule is CCCC(=O)O[C@H](C)c1nc2sc(C(=O)OCC)c(C)c2c(=O)[nH]1. The van der Waals surface area contributed by atoms with Crippen LogP contribution >= 0.6 is 11.3 Å². The number of carbonyl (C=O) groups excluding carboxylic acids is 2. The molecule has 0 spiro atoms. The van der Waals surface area contributed by atoms with Crippen molar-refractivity contribution in [3.8, 4) is 0 Å². The molecule has 1 atom stereocenters. The van der Waals surface area contributed by atoms with Crippen LogP contribution in [0, 0.1) is 6.92 Å². The third-order valence-corrected chi connectivity index (χ3v) is 4.59. The quantitative estimate of drug-likeness (QED) is 0.803. The first kappa shape index (κ1) is 18.1. The highest BCUT2D eigenvalue weighted by Gasteiger charge is 2.22. The minimum atomic E-state index is -0.672. The highest BCUT2D eigenvalue weighted by molar-refractivity contribution is 7.20. The van der Waals surface area contributed by atoms with E-state index < -0.39 is 12.1 Å². The molecule has 0 radical (unpaired) electrons. The van der Waals surface area contributed by atoms with Crippen molar-refractivity contribution in [1.82, 2.24) is 9.97 Å². The van der Waals surface area contributed by atoms with Crippen molar-refractivity contribution in [3.05, 3.63) is 26.6 Å². The van der Waals surface area contributed by atoms with E-state index in [1.165, 1.54) is 0 Å². The van der Waals surface area contributed by atoms with E-state index in [1.807, 2.05) is 6.92 Å². The van der Waals surface area contributed by atoms with Crippen molar-refractivity contribution >= 4 is 33.5 Å². The molecular weight excluding hydrogens is 332 g/mol. The summed E-state index contributed by atoms with van der Waals surface area (Å²) in [5.41, 5.74) is 0.182. The van der Waals surface area contributed by atoms with Crippen molar-refractivity contribution in [1.29, 1.82) is 0 Å². The van der Waals surface area contributed by atoms with Gasteiger partial charge < -0.3 is 14.5 Å². The third-order valence-electron chi connectivity index (χ3n) is 3.43. The Balaban J connectivity index is 2.41. The van der Waals surface area contributed by atoms with E-state index in [0.29, 0.717) is 33.5 Å². The Morgan fingerprint density at radius 2 is 2.04 bits per heavy atom. The summed E-state index contributed by atoms with van der Waals surface area (Å²) >= 11 is 1.10. The topological polar surface area (TPSA) is 98.3 Å². The normalized spacial score (nSPS) is 12.2. The summed E-state index contributed by atoms with van der Waals surface area (Å²) in [5, 5.41) is 0.360. The smallest absolute Gasteiger partial charge is 0.348 e. The zero-order chi connectivity index (χ0) is 17.9. The van der Waals surface area contributed by atoms with Crippen LogP contribution < -0.4 is 5.56 Å². The van der Waals surface area contributed by atoms with Crippen molar-refractivity contribution in [2.24, 2.45) is 0 Å². The number of aromatic nitrogens is 2. The molecule has 8 heteroatoms. The minimum Gasteiger partial charge on any atom is -0.462 e. The number of hydrogen-bond acceptors (Lipinski definition) is 7. The van der Waals surface area contributed by atoms with Crippen LogP contribution in [0.1, 0.15) is 60.8 Å². The monoisotopic (exact) mass is 352 g/mol. The number of rotatable bonds is 6. The van der Waals surface area contributed by atoms with Crippen molar-refractivity contribution < 1.29 is 19.1 Å². The summed E-state index contributed by atoms with van der Waals surface area (Å²) in [6, 6.07) is 0. The molecule has 0 aliphatic rings. The lowest BCUT2D eigenvalue weighted by molar-refractivity contribution is -0.149. The maximum Gasteiger partial charge on any atom is 0.348 e. The van der Waals surface area contributed by atoms with E-state index in [0.717, 1.165) is 11.3 Å². The van der Waals surface area contributed by atoms with Crippen LogP contribution in [0.15, 0.2) is 4.79 Å². The van der Waals surface area contributed by atoms with Gasteiger partial charge in [0, 0.05) is 6.42 Å². The zero-order valence-corrected chi connectivity index (χ0v) is 14.9. The zero-order valence-electron chi connectivity index (χ0n) is 14.1. The van der Waals surface area contributed by atoms with Crippen LogP contribution in [0.5, 0.6) is 0 Å². The van der Waals surface area contributed by atoms with Crippen LogP contribution in [-0.2, 0) is 14.3 Å². The van der Waals surface area contributed by atoms with E-state index in [1.54, 1.807) is 20.8 Å². The van der Waals surface area contributed by atoms with Crippen molar-refractivity contribution in [2.45, 2.75) is 46.6 Å². The van der Waals surface area contributed by atoms with Crippen LogP contribution in [0.4, 0.5) is 0 Å². The molecule has 0 aliphatic carbocycles. The lowest BCUT2D eigenvalue weighted by Gasteiger charge is -2.12.